The third kappa shape index (κ3) is 3.80. The summed E-state index contributed by atoms with van der Waals surface area (Å²) in [5.41, 5.74) is 0.884. The number of thiazole rings is 1. The molecule has 3 rings (SSSR count). The van der Waals surface area contributed by atoms with Gasteiger partial charge in [-0.05, 0) is 17.7 Å². The minimum absolute atomic E-state index is 0.157. The maximum atomic E-state index is 13.2. The Balaban J connectivity index is 1.60. The van der Waals surface area contributed by atoms with E-state index in [1.807, 2.05) is 6.07 Å². The molecule has 2 aromatic rings. The highest BCUT2D eigenvalue weighted by Gasteiger charge is 2.17. The molecule has 5 nitrogen and oxygen atoms in total. The molecule has 1 fully saturated rings. The van der Waals surface area contributed by atoms with Crippen LogP contribution in [0.15, 0.2) is 30.5 Å². The first-order valence-electron chi connectivity index (χ1n) is 7.03. The van der Waals surface area contributed by atoms with Crippen LogP contribution in [0.25, 0.3) is 0 Å². The Hall–Kier alpha value is -1.99. The molecule has 0 atom stereocenters. The van der Waals surface area contributed by atoms with Crippen LogP contribution in [0.2, 0.25) is 0 Å². The number of halogens is 1. The smallest absolute Gasteiger partial charge is 0.323 e. The highest BCUT2D eigenvalue weighted by molar-refractivity contribution is 7.15. The van der Waals surface area contributed by atoms with E-state index < -0.39 is 0 Å². The number of hydrogen-bond acceptors (Lipinski definition) is 4. The van der Waals surface area contributed by atoms with Crippen molar-refractivity contribution in [1.82, 2.24) is 9.88 Å². The molecule has 1 saturated heterocycles. The van der Waals surface area contributed by atoms with Gasteiger partial charge in [-0.3, -0.25) is 5.32 Å². The van der Waals surface area contributed by atoms with Crippen LogP contribution in [0, 0.1) is 5.82 Å². The Labute approximate surface area is 131 Å². The molecule has 1 N–H and O–H groups in total. The average molecular weight is 321 g/mol. The fourth-order valence-corrected chi connectivity index (χ4v) is 3.07. The number of morpholine rings is 1. The number of carbonyl (C=O) groups is 1. The normalized spacial score (nSPS) is 14.9. The molecule has 1 aromatic heterocycles. The van der Waals surface area contributed by atoms with Crippen LogP contribution in [0.5, 0.6) is 0 Å². The van der Waals surface area contributed by atoms with Crippen molar-refractivity contribution in [3.8, 4) is 0 Å². The van der Waals surface area contributed by atoms with Crippen molar-refractivity contribution >= 4 is 22.5 Å². The molecular weight excluding hydrogens is 305 g/mol. The number of amides is 2. The van der Waals surface area contributed by atoms with Crippen LogP contribution in [0.3, 0.4) is 0 Å². The zero-order valence-corrected chi connectivity index (χ0v) is 12.7. The highest BCUT2D eigenvalue weighted by Crippen LogP contribution is 2.22. The van der Waals surface area contributed by atoms with E-state index in [-0.39, 0.29) is 11.8 Å². The molecule has 116 valence electrons. The number of aromatic nitrogens is 1. The molecule has 1 aliphatic rings. The lowest BCUT2D eigenvalue weighted by atomic mass is 10.1. The Morgan fingerprint density at radius 1 is 1.41 bits per heavy atom. The fourth-order valence-electron chi connectivity index (χ4n) is 2.23. The number of carbonyl (C=O) groups excluding carboxylic acids is 1. The van der Waals surface area contributed by atoms with E-state index in [1.54, 1.807) is 17.2 Å². The first-order chi connectivity index (χ1) is 10.7. The van der Waals surface area contributed by atoms with Gasteiger partial charge in [0.15, 0.2) is 5.13 Å². The molecule has 0 radical (unpaired) electrons. The number of rotatable bonds is 3. The molecule has 0 aliphatic carbocycles. The van der Waals surface area contributed by atoms with Crippen molar-refractivity contribution in [1.29, 1.82) is 0 Å². The van der Waals surface area contributed by atoms with Gasteiger partial charge in [-0.15, -0.1) is 11.3 Å². The number of urea groups is 1. The topological polar surface area (TPSA) is 54.5 Å². The second-order valence-electron chi connectivity index (χ2n) is 4.97. The van der Waals surface area contributed by atoms with E-state index in [0.717, 1.165) is 10.4 Å². The van der Waals surface area contributed by atoms with Gasteiger partial charge in [0.1, 0.15) is 5.82 Å². The lowest BCUT2D eigenvalue weighted by molar-refractivity contribution is 0.0564. The maximum Gasteiger partial charge on any atom is 0.323 e. The summed E-state index contributed by atoms with van der Waals surface area (Å²) in [6, 6.07) is 6.33. The van der Waals surface area contributed by atoms with Gasteiger partial charge in [0.25, 0.3) is 0 Å². The summed E-state index contributed by atoms with van der Waals surface area (Å²) in [6.45, 7) is 2.31. The number of hydrogen-bond donors (Lipinski definition) is 1. The van der Waals surface area contributed by atoms with Gasteiger partial charge < -0.3 is 9.64 Å². The lowest BCUT2D eigenvalue weighted by Crippen LogP contribution is -2.43. The Bertz CT molecular complexity index is 656. The summed E-state index contributed by atoms with van der Waals surface area (Å²) in [6.07, 6.45) is 2.31. The van der Waals surface area contributed by atoms with E-state index in [4.69, 9.17) is 4.74 Å². The molecule has 0 saturated carbocycles. The Morgan fingerprint density at radius 3 is 3.00 bits per heavy atom. The van der Waals surface area contributed by atoms with Gasteiger partial charge in [0.05, 0.1) is 13.2 Å². The van der Waals surface area contributed by atoms with Gasteiger partial charge in [0.2, 0.25) is 0 Å². The number of nitrogens with zero attached hydrogens (tertiary/aromatic N) is 2. The second-order valence-corrected chi connectivity index (χ2v) is 6.08. The zero-order chi connectivity index (χ0) is 15.4. The predicted octanol–water partition coefficient (Wildman–Crippen LogP) is 2.74. The molecule has 1 aliphatic heterocycles. The number of nitrogens with one attached hydrogen (secondary N) is 1. The lowest BCUT2D eigenvalue weighted by Gasteiger charge is -2.26. The van der Waals surface area contributed by atoms with Crippen molar-refractivity contribution in [2.75, 3.05) is 31.6 Å². The van der Waals surface area contributed by atoms with Crippen molar-refractivity contribution in [2.24, 2.45) is 0 Å². The van der Waals surface area contributed by atoms with Crippen molar-refractivity contribution < 1.29 is 13.9 Å². The number of anilines is 1. The summed E-state index contributed by atoms with van der Waals surface area (Å²) in [5.74, 6) is -0.247. The maximum absolute atomic E-state index is 13.2. The van der Waals surface area contributed by atoms with Crippen LogP contribution in [0.1, 0.15) is 10.4 Å². The Morgan fingerprint density at radius 2 is 2.23 bits per heavy atom. The summed E-state index contributed by atoms with van der Waals surface area (Å²) >= 11 is 1.40. The third-order valence-electron chi connectivity index (χ3n) is 3.33. The van der Waals surface area contributed by atoms with Crippen LogP contribution >= 0.6 is 11.3 Å². The largest absolute Gasteiger partial charge is 0.378 e. The van der Waals surface area contributed by atoms with E-state index in [0.29, 0.717) is 37.9 Å². The highest BCUT2D eigenvalue weighted by atomic mass is 32.1. The molecule has 1 aromatic carbocycles. The monoisotopic (exact) mass is 321 g/mol. The molecule has 2 heterocycles. The molecule has 0 spiro atoms. The molecule has 0 bridgehead atoms. The molecule has 22 heavy (non-hydrogen) atoms. The minimum atomic E-state index is -0.247. The first-order valence-corrected chi connectivity index (χ1v) is 7.85. The molecule has 7 heteroatoms. The van der Waals surface area contributed by atoms with Gasteiger partial charge in [0, 0.05) is 30.6 Å². The van der Waals surface area contributed by atoms with E-state index in [9.17, 15) is 9.18 Å². The van der Waals surface area contributed by atoms with Crippen molar-refractivity contribution in [2.45, 2.75) is 6.42 Å². The SMILES string of the molecule is O=C(Nc1ncc(Cc2cccc(F)c2)s1)N1CCOCC1. The van der Waals surface area contributed by atoms with Crippen LogP contribution in [-0.4, -0.2) is 42.2 Å². The van der Waals surface area contributed by atoms with Crippen LogP contribution in [0.4, 0.5) is 14.3 Å². The first kappa shape index (κ1) is 14.9. The van der Waals surface area contributed by atoms with Crippen molar-refractivity contribution in [3.05, 3.63) is 46.7 Å². The summed E-state index contributed by atoms with van der Waals surface area (Å²) in [4.78, 5) is 18.9. The van der Waals surface area contributed by atoms with Crippen LogP contribution < -0.4 is 5.32 Å². The quantitative estimate of drug-likeness (QED) is 0.946. The van der Waals surface area contributed by atoms with Gasteiger partial charge in [-0.2, -0.15) is 0 Å². The van der Waals surface area contributed by atoms with E-state index in [2.05, 4.69) is 10.3 Å². The minimum Gasteiger partial charge on any atom is -0.378 e. The number of benzene rings is 1. The average Bonchev–Trinajstić information content (AvgIpc) is 2.95. The summed E-state index contributed by atoms with van der Waals surface area (Å²) < 4.78 is 18.4. The third-order valence-corrected chi connectivity index (χ3v) is 4.25. The predicted molar refractivity (Wildman–Crippen MR) is 82.7 cm³/mol. The van der Waals surface area contributed by atoms with Gasteiger partial charge in [-0.25, -0.2) is 14.2 Å². The fraction of sp³-hybridized carbons (Fsp3) is 0.333. The zero-order valence-electron chi connectivity index (χ0n) is 11.9. The Kier molecular flexibility index (Phi) is 4.65. The van der Waals surface area contributed by atoms with Crippen LogP contribution in [-0.2, 0) is 11.2 Å². The second kappa shape index (κ2) is 6.85. The van der Waals surface area contributed by atoms with Gasteiger partial charge >= 0.3 is 6.03 Å². The van der Waals surface area contributed by atoms with E-state index >= 15 is 0 Å². The molecular formula is C15H16FN3O2S. The van der Waals surface area contributed by atoms with Crippen molar-refractivity contribution in [3.63, 3.8) is 0 Å². The standard InChI is InChI=1S/C15H16FN3O2S/c16-12-3-1-2-11(8-12)9-13-10-17-14(22-13)18-15(20)19-4-6-21-7-5-19/h1-3,8,10H,4-7,9H2,(H,17,18,20). The van der Waals surface area contributed by atoms with E-state index in [1.165, 1.54) is 23.5 Å². The summed E-state index contributed by atoms with van der Waals surface area (Å²) in [5, 5.41) is 3.35. The summed E-state index contributed by atoms with van der Waals surface area (Å²) in [7, 11) is 0. The molecule has 2 amide bonds. The van der Waals surface area contributed by atoms with Gasteiger partial charge in [-0.1, -0.05) is 12.1 Å². The number of ether oxygens (including phenoxy) is 1. The molecule has 0 unspecified atom stereocenters.